The number of anilines is 2. The molecule has 0 aromatic heterocycles. The third kappa shape index (κ3) is 8.23. The standard InChI is InChI=1S/C31H25Cl2N3O3S/c1-20(29(37)35-25-12-7-11-23(32)19-25)40-26-16-14-24(15-17-26)34-31(39)28(18-22-10-5-6-13-27(22)33)36-30(38)21-8-3-2-4-9-21/h2-20H,1H3,(H,34,39)(H,35,37)(H,36,38)/b28-18-. The van der Waals surface area contributed by atoms with Crippen molar-refractivity contribution >= 4 is 70.1 Å². The van der Waals surface area contributed by atoms with Gasteiger partial charge in [-0.05, 0) is 79.2 Å². The predicted octanol–water partition coefficient (Wildman–Crippen LogP) is 7.52. The summed E-state index contributed by atoms with van der Waals surface area (Å²) in [5, 5.41) is 8.97. The minimum Gasteiger partial charge on any atom is -0.325 e. The van der Waals surface area contributed by atoms with Gasteiger partial charge in [-0.15, -0.1) is 11.8 Å². The number of carbonyl (C=O) groups is 3. The van der Waals surface area contributed by atoms with Gasteiger partial charge >= 0.3 is 0 Å². The predicted molar refractivity (Wildman–Crippen MR) is 164 cm³/mol. The fourth-order valence-electron chi connectivity index (χ4n) is 3.57. The van der Waals surface area contributed by atoms with Crippen LogP contribution in [0.25, 0.3) is 6.08 Å². The fourth-order valence-corrected chi connectivity index (χ4v) is 4.82. The number of halogens is 2. The zero-order valence-corrected chi connectivity index (χ0v) is 23.7. The molecule has 9 heteroatoms. The Balaban J connectivity index is 1.44. The van der Waals surface area contributed by atoms with Gasteiger partial charge in [0.2, 0.25) is 5.91 Å². The van der Waals surface area contributed by atoms with E-state index in [4.69, 9.17) is 23.2 Å². The molecule has 0 bridgehead atoms. The first-order valence-corrected chi connectivity index (χ1v) is 13.9. The quantitative estimate of drug-likeness (QED) is 0.139. The van der Waals surface area contributed by atoms with E-state index in [9.17, 15) is 14.4 Å². The average molecular weight is 591 g/mol. The maximum atomic E-state index is 13.2. The molecule has 0 aliphatic rings. The molecule has 0 radical (unpaired) electrons. The van der Waals surface area contributed by atoms with Crippen molar-refractivity contribution in [1.29, 1.82) is 0 Å². The number of hydrogen-bond acceptors (Lipinski definition) is 4. The van der Waals surface area contributed by atoms with Crippen molar-refractivity contribution in [3.8, 4) is 0 Å². The molecule has 1 unspecified atom stereocenters. The number of rotatable bonds is 9. The lowest BCUT2D eigenvalue weighted by atomic mass is 10.1. The van der Waals surface area contributed by atoms with Crippen LogP contribution in [0.4, 0.5) is 11.4 Å². The second kappa shape index (κ2) is 13.8. The Hall–Kier alpha value is -4.04. The van der Waals surface area contributed by atoms with Crippen LogP contribution in [0.5, 0.6) is 0 Å². The Morgan fingerprint density at radius 1 is 0.775 bits per heavy atom. The molecule has 0 aliphatic carbocycles. The Morgan fingerprint density at radius 2 is 1.48 bits per heavy atom. The number of benzene rings is 4. The second-order valence-electron chi connectivity index (χ2n) is 8.64. The van der Waals surface area contributed by atoms with Crippen molar-refractivity contribution in [2.45, 2.75) is 17.1 Å². The van der Waals surface area contributed by atoms with Gasteiger partial charge in [0, 0.05) is 31.9 Å². The molecule has 40 heavy (non-hydrogen) atoms. The lowest BCUT2D eigenvalue weighted by Gasteiger charge is -2.14. The molecule has 202 valence electrons. The number of amides is 3. The highest BCUT2D eigenvalue weighted by molar-refractivity contribution is 8.00. The summed E-state index contributed by atoms with van der Waals surface area (Å²) in [4.78, 5) is 39.5. The number of carbonyl (C=O) groups excluding carboxylic acids is 3. The summed E-state index contributed by atoms with van der Waals surface area (Å²) in [5.41, 5.74) is 2.17. The number of hydrogen-bond donors (Lipinski definition) is 3. The van der Waals surface area contributed by atoms with Crippen molar-refractivity contribution in [3.63, 3.8) is 0 Å². The molecular formula is C31H25Cl2N3O3S. The highest BCUT2D eigenvalue weighted by atomic mass is 35.5. The largest absolute Gasteiger partial charge is 0.325 e. The van der Waals surface area contributed by atoms with E-state index in [2.05, 4.69) is 16.0 Å². The van der Waals surface area contributed by atoms with Gasteiger partial charge in [0.25, 0.3) is 11.8 Å². The third-order valence-corrected chi connectivity index (χ3v) is 7.31. The lowest BCUT2D eigenvalue weighted by Crippen LogP contribution is -2.30. The van der Waals surface area contributed by atoms with Gasteiger partial charge in [-0.25, -0.2) is 0 Å². The van der Waals surface area contributed by atoms with Gasteiger partial charge in [-0.1, -0.05) is 65.7 Å². The Bertz CT molecular complexity index is 1540. The molecule has 1 atom stereocenters. The van der Waals surface area contributed by atoms with Crippen LogP contribution in [0.3, 0.4) is 0 Å². The molecular weight excluding hydrogens is 565 g/mol. The summed E-state index contributed by atoms with van der Waals surface area (Å²) >= 11 is 13.7. The molecule has 0 aliphatic heterocycles. The van der Waals surface area contributed by atoms with Crippen molar-refractivity contribution in [2.24, 2.45) is 0 Å². The smallest absolute Gasteiger partial charge is 0.272 e. The summed E-state index contributed by atoms with van der Waals surface area (Å²) < 4.78 is 0. The first-order chi connectivity index (χ1) is 19.3. The van der Waals surface area contributed by atoms with Gasteiger partial charge < -0.3 is 16.0 Å². The van der Waals surface area contributed by atoms with Crippen LogP contribution >= 0.6 is 35.0 Å². The summed E-state index contributed by atoms with van der Waals surface area (Å²) in [6, 6.07) is 29.7. The van der Waals surface area contributed by atoms with Crippen molar-refractivity contribution < 1.29 is 14.4 Å². The van der Waals surface area contributed by atoms with Crippen molar-refractivity contribution in [3.05, 3.63) is 130 Å². The van der Waals surface area contributed by atoms with Crippen LogP contribution in [0.1, 0.15) is 22.8 Å². The molecule has 3 amide bonds. The lowest BCUT2D eigenvalue weighted by molar-refractivity contribution is -0.115. The van der Waals surface area contributed by atoms with E-state index in [1.807, 2.05) is 12.1 Å². The molecule has 3 N–H and O–H groups in total. The van der Waals surface area contributed by atoms with Crippen LogP contribution in [-0.4, -0.2) is 23.0 Å². The monoisotopic (exact) mass is 589 g/mol. The number of thioether (sulfide) groups is 1. The summed E-state index contributed by atoms with van der Waals surface area (Å²) in [6.07, 6.45) is 1.53. The maximum Gasteiger partial charge on any atom is 0.272 e. The highest BCUT2D eigenvalue weighted by Gasteiger charge is 2.17. The van der Waals surface area contributed by atoms with Gasteiger partial charge in [0.15, 0.2) is 0 Å². The first kappa shape index (κ1) is 29.0. The minimum atomic E-state index is -0.515. The van der Waals surface area contributed by atoms with Crippen LogP contribution in [0.2, 0.25) is 10.0 Å². The Morgan fingerprint density at radius 3 is 2.17 bits per heavy atom. The third-order valence-electron chi connectivity index (χ3n) is 5.62. The average Bonchev–Trinajstić information content (AvgIpc) is 2.95. The van der Waals surface area contributed by atoms with Crippen LogP contribution < -0.4 is 16.0 Å². The molecule has 0 saturated heterocycles. The summed E-state index contributed by atoms with van der Waals surface area (Å²) in [6.45, 7) is 1.81. The molecule has 4 rings (SSSR count). The van der Waals surface area contributed by atoms with Gasteiger partial charge in [-0.2, -0.15) is 0 Å². The van der Waals surface area contributed by atoms with Crippen LogP contribution in [0.15, 0.2) is 114 Å². The molecule has 4 aromatic carbocycles. The van der Waals surface area contributed by atoms with Gasteiger partial charge in [-0.3, -0.25) is 14.4 Å². The van der Waals surface area contributed by atoms with Crippen molar-refractivity contribution in [1.82, 2.24) is 5.32 Å². The Kier molecular flexibility index (Phi) is 10.0. The minimum absolute atomic E-state index is 0.0340. The van der Waals surface area contributed by atoms with E-state index in [0.29, 0.717) is 32.5 Å². The van der Waals surface area contributed by atoms with E-state index in [1.165, 1.54) is 17.8 Å². The number of nitrogens with one attached hydrogen (secondary N) is 3. The van der Waals surface area contributed by atoms with E-state index in [-0.39, 0.29) is 16.9 Å². The zero-order valence-electron chi connectivity index (χ0n) is 21.4. The highest BCUT2D eigenvalue weighted by Crippen LogP contribution is 2.26. The molecule has 6 nitrogen and oxygen atoms in total. The van der Waals surface area contributed by atoms with E-state index in [1.54, 1.807) is 97.9 Å². The molecule has 0 fully saturated rings. The first-order valence-electron chi connectivity index (χ1n) is 12.3. The summed E-state index contributed by atoms with van der Waals surface area (Å²) in [5.74, 6) is -1.10. The zero-order chi connectivity index (χ0) is 28.5. The van der Waals surface area contributed by atoms with E-state index < -0.39 is 11.8 Å². The second-order valence-corrected chi connectivity index (χ2v) is 10.9. The topological polar surface area (TPSA) is 87.3 Å². The summed E-state index contributed by atoms with van der Waals surface area (Å²) in [7, 11) is 0. The van der Waals surface area contributed by atoms with E-state index >= 15 is 0 Å². The van der Waals surface area contributed by atoms with Crippen molar-refractivity contribution in [2.75, 3.05) is 10.6 Å². The van der Waals surface area contributed by atoms with Gasteiger partial charge in [0.05, 0.1) is 5.25 Å². The van der Waals surface area contributed by atoms with Crippen LogP contribution in [-0.2, 0) is 9.59 Å². The van der Waals surface area contributed by atoms with Crippen LogP contribution in [0, 0.1) is 0 Å². The maximum absolute atomic E-state index is 13.2. The van der Waals surface area contributed by atoms with E-state index in [0.717, 1.165) is 4.90 Å². The van der Waals surface area contributed by atoms with Gasteiger partial charge in [0.1, 0.15) is 5.70 Å². The molecule has 4 aromatic rings. The SMILES string of the molecule is CC(Sc1ccc(NC(=O)/C(=C/c2ccccc2Cl)NC(=O)c2ccccc2)cc1)C(=O)Nc1cccc(Cl)c1. The molecule has 0 heterocycles. The Labute approximate surface area is 246 Å². The molecule has 0 saturated carbocycles. The molecule has 0 spiro atoms. The fraction of sp³-hybridized carbons (Fsp3) is 0.0645. The normalized spacial score (nSPS) is 11.8.